The Kier molecular flexibility index (Phi) is 5.38. The number of aliphatic hydroxyl groups excluding tert-OH is 1. The van der Waals surface area contributed by atoms with Crippen molar-refractivity contribution >= 4 is 0 Å². The highest BCUT2D eigenvalue weighted by atomic mass is 16.5. The molecule has 2 N–H and O–H groups in total. The van der Waals surface area contributed by atoms with Crippen LogP contribution in [0.2, 0.25) is 0 Å². The van der Waals surface area contributed by atoms with Crippen molar-refractivity contribution in [2.45, 2.75) is 143 Å². The van der Waals surface area contributed by atoms with Crippen molar-refractivity contribution in [3.63, 3.8) is 0 Å². The summed E-state index contributed by atoms with van der Waals surface area (Å²) >= 11 is 0. The summed E-state index contributed by atoms with van der Waals surface area (Å²) < 4.78 is 6.73. The Morgan fingerprint density at radius 3 is 2.00 bits per heavy atom. The molecular formula is C30H52O3. The molecule has 4 saturated carbocycles. The van der Waals surface area contributed by atoms with E-state index in [1.54, 1.807) is 0 Å². The van der Waals surface area contributed by atoms with E-state index in [1.807, 2.05) is 13.8 Å². The molecule has 0 amide bonds. The minimum Gasteiger partial charge on any atom is -0.393 e. The summed E-state index contributed by atoms with van der Waals surface area (Å²) in [4.78, 5) is 0. The van der Waals surface area contributed by atoms with Crippen molar-refractivity contribution in [2.24, 2.45) is 45.3 Å². The first-order valence-electron chi connectivity index (χ1n) is 14.2. The Morgan fingerprint density at radius 2 is 1.36 bits per heavy atom. The van der Waals surface area contributed by atoms with Crippen molar-refractivity contribution in [2.75, 3.05) is 0 Å². The summed E-state index contributed by atoms with van der Waals surface area (Å²) in [6.45, 7) is 18.8. The molecule has 5 fully saturated rings. The number of hydrogen-bond acceptors (Lipinski definition) is 3. The maximum absolute atomic E-state index is 10.9. The van der Waals surface area contributed by atoms with Crippen LogP contribution in [0.4, 0.5) is 0 Å². The zero-order chi connectivity index (χ0) is 24.2. The molecular weight excluding hydrogens is 408 g/mol. The first kappa shape index (κ1) is 24.6. The van der Waals surface area contributed by atoms with E-state index >= 15 is 0 Å². The molecule has 0 aromatic rings. The topological polar surface area (TPSA) is 49.7 Å². The molecule has 0 unspecified atom stereocenters. The van der Waals surface area contributed by atoms with E-state index in [1.165, 1.54) is 44.9 Å². The second-order valence-corrected chi connectivity index (χ2v) is 15.3. The molecule has 3 nitrogen and oxygen atoms in total. The standard InChI is InChI=1S/C30H52O3/c1-25(2)21-12-17-29(7)22(27(21,5)15-13-23(25)31)10-9-19-20(11-16-28(19,29)6)30(8)18-14-24(33-30)26(3,4)32/h19-24,31-32H,9-18H2,1-8H3/t19-,20+,21+,22-,23-,24+,27+,28-,29-,30-/m1/s1. The Labute approximate surface area is 203 Å². The third-order valence-electron chi connectivity index (χ3n) is 13.3. The molecule has 1 saturated heterocycles. The minimum atomic E-state index is -0.755. The van der Waals surface area contributed by atoms with Gasteiger partial charge in [-0.25, -0.2) is 0 Å². The van der Waals surface area contributed by atoms with Crippen molar-refractivity contribution in [3.8, 4) is 0 Å². The first-order chi connectivity index (χ1) is 15.1. The highest BCUT2D eigenvalue weighted by molar-refractivity contribution is 5.18. The van der Waals surface area contributed by atoms with Gasteiger partial charge in [-0.1, -0.05) is 34.6 Å². The van der Waals surface area contributed by atoms with Gasteiger partial charge in [0.25, 0.3) is 0 Å². The zero-order valence-electron chi connectivity index (χ0n) is 22.8. The van der Waals surface area contributed by atoms with E-state index in [0.717, 1.165) is 31.1 Å². The molecule has 10 atom stereocenters. The van der Waals surface area contributed by atoms with Gasteiger partial charge in [0.2, 0.25) is 0 Å². The smallest absolute Gasteiger partial charge is 0.0865 e. The summed E-state index contributed by atoms with van der Waals surface area (Å²) in [6, 6.07) is 0. The van der Waals surface area contributed by atoms with E-state index in [2.05, 4.69) is 41.5 Å². The van der Waals surface area contributed by atoms with Crippen LogP contribution in [0.15, 0.2) is 0 Å². The van der Waals surface area contributed by atoms with Crippen molar-refractivity contribution in [1.29, 1.82) is 0 Å². The van der Waals surface area contributed by atoms with Gasteiger partial charge in [-0.3, -0.25) is 0 Å². The van der Waals surface area contributed by atoms with Crippen LogP contribution < -0.4 is 0 Å². The van der Waals surface area contributed by atoms with Gasteiger partial charge in [-0.2, -0.15) is 0 Å². The van der Waals surface area contributed by atoms with Gasteiger partial charge in [0.05, 0.1) is 23.4 Å². The molecule has 4 aliphatic carbocycles. The lowest BCUT2D eigenvalue weighted by atomic mass is 9.35. The van der Waals surface area contributed by atoms with Gasteiger partial charge in [-0.15, -0.1) is 0 Å². The lowest BCUT2D eigenvalue weighted by Gasteiger charge is -2.70. The molecule has 5 aliphatic rings. The lowest BCUT2D eigenvalue weighted by Crippen LogP contribution is -2.64. The van der Waals surface area contributed by atoms with Crippen molar-refractivity contribution in [1.82, 2.24) is 0 Å². The van der Waals surface area contributed by atoms with E-state index in [9.17, 15) is 10.2 Å². The fourth-order valence-electron chi connectivity index (χ4n) is 11.1. The largest absolute Gasteiger partial charge is 0.393 e. The second-order valence-electron chi connectivity index (χ2n) is 15.3. The van der Waals surface area contributed by atoms with Crippen LogP contribution in [-0.2, 0) is 4.74 Å². The second kappa shape index (κ2) is 7.22. The summed E-state index contributed by atoms with van der Waals surface area (Å²) in [5.41, 5.74) is 0.277. The van der Waals surface area contributed by atoms with Gasteiger partial charge in [0.1, 0.15) is 0 Å². The fourth-order valence-corrected chi connectivity index (χ4v) is 11.1. The molecule has 1 aliphatic heterocycles. The number of hydrogen-bond donors (Lipinski definition) is 2. The number of fused-ring (bicyclic) bond motifs is 5. The molecule has 0 aromatic carbocycles. The molecule has 190 valence electrons. The monoisotopic (exact) mass is 460 g/mol. The predicted octanol–water partition coefficient (Wildman–Crippen LogP) is 6.74. The Balaban J connectivity index is 1.44. The van der Waals surface area contributed by atoms with E-state index in [4.69, 9.17) is 4.74 Å². The first-order valence-corrected chi connectivity index (χ1v) is 14.2. The molecule has 0 radical (unpaired) electrons. The predicted molar refractivity (Wildman–Crippen MR) is 134 cm³/mol. The number of rotatable bonds is 2. The highest BCUT2D eigenvalue weighted by Gasteiger charge is 2.70. The van der Waals surface area contributed by atoms with Crippen molar-refractivity contribution < 1.29 is 14.9 Å². The van der Waals surface area contributed by atoms with Crippen LogP contribution in [0, 0.1) is 45.3 Å². The van der Waals surface area contributed by atoms with E-state index in [0.29, 0.717) is 28.1 Å². The van der Waals surface area contributed by atoms with Crippen LogP contribution in [-0.4, -0.2) is 33.6 Å². The summed E-state index contributed by atoms with van der Waals surface area (Å²) in [5.74, 6) is 2.73. The lowest BCUT2D eigenvalue weighted by molar-refractivity contribution is -0.227. The van der Waals surface area contributed by atoms with Gasteiger partial charge in [0, 0.05) is 0 Å². The number of ether oxygens (including phenoxy) is 1. The molecule has 0 bridgehead atoms. The van der Waals surface area contributed by atoms with Crippen LogP contribution in [0.3, 0.4) is 0 Å². The maximum atomic E-state index is 10.9. The van der Waals surface area contributed by atoms with Crippen LogP contribution in [0.25, 0.3) is 0 Å². The third kappa shape index (κ3) is 3.16. The molecule has 3 heteroatoms. The van der Waals surface area contributed by atoms with Crippen LogP contribution in [0.5, 0.6) is 0 Å². The SMILES string of the molecule is CC(C)(O)[C@@H]1CC[C@](C)([C@H]2CC[C@]3(C)[C@@H]2CC[C@@H]2[C@@]4(C)CC[C@@H](O)C(C)(C)[C@@H]4CC[C@]23C)O1. The molecule has 33 heavy (non-hydrogen) atoms. The zero-order valence-corrected chi connectivity index (χ0v) is 22.8. The molecule has 0 aromatic heterocycles. The average molecular weight is 461 g/mol. The number of aliphatic hydroxyl groups is 2. The van der Waals surface area contributed by atoms with E-state index < -0.39 is 5.60 Å². The quantitative estimate of drug-likeness (QED) is 0.480. The van der Waals surface area contributed by atoms with Crippen LogP contribution in [0.1, 0.15) is 120 Å². The van der Waals surface area contributed by atoms with Gasteiger partial charge in [-0.05, 0) is 130 Å². The highest BCUT2D eigenvalue weighted by Crippen LogP contribution is 2.76. The van der Waals surface area contributed by atoms with Crippen LogP contribution >= 0.6 is 0 Å². The maximum Gasteiger partial charge on any atom is 0.0865 e. The molecule has 0 spiro atoms. The van der Waals surface area contributed by atoms with Gasteiger partial charge < -0.3 is 14.9 Å². The van der Waals surface area contributed by atoms with Crippen molar-refractivity contribution in [3.05, 3.63) is 0 Å². The Morgan fingerprint density at radius 1 is 0.697 bits per heavy atom. The summed E-state index contributed by atoms with van der Waals surface area (Å²) in [7, 11) is 0. The Bertz CT molecular complexity index is 784. The Hall–Kier alpha value is -0.120. The molecule has 1 heterocycles. The summed E-state index contributed by atoms with van der Waals surface area (Å²) in [6.07, 6.45) is 11.9. The average Bonchev–Trinajstić information content (AvgIpc) is 3.27. The fraction of sp³-hybridized carbons (Fsp3) is 1.00. The minimum absolute atomic E-state index is 0.0293. The van der Waals surface area contributed by atoms with Gasteiger partial charge >= 0.3 is 0 Å². The van der Waals surface area contributed by atoms with Gasteiger partial charge in [0.15, 0.2) is 0 Å². The normalized spacial score (nSPS) is 56.2. The van der Waals surface area contributed by atoms with E-state index in [-0.39, 0.29) is 23.2 Å². The molecule has 5 rings (SSSR count). The third-order valence-corrected chi connectivity index (χ3v) is 13.3. The summed E-state index contributed by atoms with van der Waals surface area (Å²) in [5, 5.41) is 21.5.